The molecule has 5 heteroatoms. The molecule has 0 saturated carbocycles. The second-order valence-corrected chi connectivity index (χ2v) is 5.38. The van der Waals surface area contributed by atoms with Crippen LogP contribution >= 0.6 is 0 Å². The Hall–Kier alpha value is -2.14. The van der Waals surface area contributed by atoms with Crippen LogP contribution in [0.15, 0.2) is 41.6 Å². The third kappa shape index (κ3) is 5.00. The van der Waals surface area contributed by atoms with Gasteiger partial charge in [0.25, 0.3) is 5.91 Å². The average molecular weight is 301 g/mol. The first-order valence-electron chi connectivity index (χ1n) is 7.53. The normalized spacial score (nSPS) is 17.0. The van der Waals surface area contributed by atoms with Crippen molar-refractivity contribution in [1.29, 1.82) is 0 Å². The van der Waals surface area contributed by atoms with E-state index in [0.29, 0.717) is 12.3 Å². The van der Waals surface area contributed by atoms with Gasteiger partial charge in [-0.15, -0.1) is 0 Å². The van der Waals surface area contributed by atoms with Crippen molar-refractivity contribution in [1.82, 2.24) is 9.80 Å². The van der Waals surface area contributed by atoms with Crippen molar-refractivity contribution >= 4 is 17.7 Å². The number of benzene rings is 1. The standard InChI is InChI=1S/C17H23N3O2/c1-15(17(21)20-12-10-19(2)11-13-20)18-22-14-6-9-16-7-4-3-5-8-16/h3-9H,10-14H2,1-2H3/b9-6+,18-15?. The quantitative estimate of drug-likeness (QED) is 0.474. The van der Waals surface area contributed by atoms with Crippen LogP contribution in [0.1, 0.15) is 12.5 Å². The van der Waals surface area contributed by atoms with Crippen molar-refractivity contribution in [2.45, 2.75) is 6.92 Å². The third-order valence-corrected chi connectivity index (χ3v) is 3.58. The van der Waals surface area contributed by atoms with Crippen molar-refractivity contribution in [2.75, 3.05) is 39.8 Å². The summed E-state index contributed by atoms with van der Waals surface area (Å²) in [5, 5.41) is 3.91. The predicted octanol–water partition coefficient (Wildman–Crippen LogP) is 1.87. The Kier molecular flexibility index (Phi) is 6.15. The molecule has 1 aliphatic heterocycles. The minimum absolute atomic E-state index is 0.0415. The average Bonchev–Trinajstić information content (AvgIpc) is 2.55. The molecule has 1 amide bonds. The van der Waals surface area contributed by atoms with E-state index in [1.54, 1.807) is 6.92 Å². The molecule has 1 heterocycles. The van der Waals surface area contributed by atoms with Gasteiger partial charge >= 0.3 is 0 Å². The Labute approximate surface area is 131 Å². The fraction of sp³-hybridized carbons (Fsp3) is 0.412. The molecule has 0 aromatic heterocycles. The highest BCUT2D eigenvalue weighted by Gasteiger charge is 2.21. The van der Waals surface area contributed by atoms with E-state index in [9.17, 15) is 4.79 Å². The lowest BCUT2D eigenvalue weighted by molar-refractivity contribution is -0.125. The number of hydrogen-bond acceptors (Lipinski definition) is 4. The second kappa shape index (κ2) is 8.34. The Morgan fingerprint density at radius 2 is 1.91 bits per heavy atom. The molecule has 0 radical (unpaired) electrons. The van der Waals surface area contributed by atoms with Gasteiger partial charge in [0.05, 0.1) is 0 Å². The summed E-state index contributed by atoms with van der Waals surface area (Å²) in [7, 11) is 2.06. The molecule has 5 nitrogen and oxygen atoms in total. The topological polar surface area (TPSA) is 45.1 Å². The molecule has 0 N–H and O–H groups in total. The lowest BCUT2D eigenvalue weighted by Gasteiger charge is -2.32. The fourth-order valence-electron chi connectivity index (χ4n) is 2.20. The van der Waals surface area contributed by atoms with E-state index in [1.165, 1.54) is 0 Å². The maximum absolute atomic E-state index is 12.2. The zero-order chi connectivity index (χ0) is 15.8. The molecule has 0 unspecified atom stereocenters. The third-order valence-electron chi connectivity index (χ3n) is 3.58. The van der Waals surface area contributed by atoms with E-state index in [2.05, 4.69) is 17.1 Å². The van der Waals surface area contributed by atoms with Crippen LogP contribution in [-0.4, -0.2) is 61.3 Å². The number of amides is 1. The highest BCUT2D eigenvalue weighted by atomic mass is 16.6. The summed E-state index contributed by atoms with van der Waals surface area (Å²) >= 11 is 0. The van der Waals surface area contributed by atoms with E-state index >= 15 is 0 Å². The fourth-order valence-corrected chi connectivity index (χ4v) is 2.20. The molecule has 1 aromatic carbocycles. The Morgan fingerprint density at radius 1 is 1.23 bits per heavy atom. The number of oxime groups is 1. The summed E-state index contributed by atoms with van der Waals surface area (Å²) < 4.78 is 0. The van der Waals surface area contributed by atoms with Crippen LogP contribution in [0.3, 0.4) is 0 Å². The predicted molar refractivity (Wildman–Crippen MR) is 88.6 cm³/mol. The highest BCUT2D eigenvalue weighted by Crippen LogP contribution is 2.02. The molecule has 22 heavy (non-hydrogen) atoms. The lowest BCUT2D eigenvalue weighted by atomic mass is 10.2. The largest absolute Gasteiger partial charge is 0.391 e. The molecule has 1 aromatic rings. The van der Waals surface area contributed by atoms with Crippen LogP contribution in [0.2, 0.25) is 0 Å². The molecular weight excluding hydrogens is 278 g/mol. The summed E-state index contributed by atoms with van der Waals surface area (Å²) in [5.41, 5.74) is 1.51. The number of likely N-dealkylation sites (N-methyl/N-ethyl adjacent to an activating group) is 1. The van der Waals surface area contributed by atoms with Crippen molar-refractivity contribution in [3.8, 4) is 0 Å². The molecule has 118 valence electrons. The SMILES string of the molecule is CC(=NOC/C=C/c1ccccc1)C(=O)N1CCN(C)CC1. The summed E-state index contributed by atoms with van der Waals surface area (Å²) in [6.45, 7) is 5.34. The Morgan fingerprint density at radius 3 is 2.59 bits per heavy atom. The minimum Gasteiger partial charge on any atom is -0.391 e. The van der Waals surface area contributed by atoms with E-state index in [-0.39, 0.29) is 5.91 Å². The molecule has 0 bridgehead atoms. The molecule has 0 aliphatic carbocycles. The Balaban J connectivity index is 1.75. The van der Waals surface area contributed by atoms with E-state index in [4.69, 9.17) is 4.84 Å². The van der Waals surface area contributed by atoms with Gasteiger partial charge in [-0.25, -0.2) is 0 Å². The number of carbonyl (C=O) groups is 1. The van der Waals surface area contributed by atoms with E-state index in [1.807, 2.05) is 47.4 Å². The van der Waals surface area contributed by atoms with Gasteiger partial charge < -0.3 is 14.6 Å². The molecule has 1 aliphatic rings. The van der Waals surface area contributed by atoms with Gasteiger partial charge in [-0.1, -0.05) is 41.6 Å². The molecule has 0 atom stereocenters. The van der Waals surface area contributed by atoms with E-state index in [0.717, 1.165) is 31.7 Å². The van der Waals surface area contributed by atoms with Crippen LogP contribution in [-0.2, 0) is 9.63 Å². The van der Waals surface area contributed by atoms with Gasteiger partial charge in [0.15, 0.2) is 0 Å². The summed E-state index contributed by atoms with van der Waals surface area (Å²) in [5.74, 6) is -0.0415. The maximum Gasteiger partial charge on any atom is 0.271 e. The van der Waals surface area contributed by atoms with Gasteiger partial charge in [0.1, 0.15) is 12.3 Å². The van der Waals surface area contributed by atoms with Crippen molar-refractivity contribution in [3.63, 3.8) is 0 Å². The van der Waals surface area contributed by atoms with Crippen LogP contribution in [0.25, 0.3) is 6.08 Å². The van der Waals surface area contributed by atoms with Crippen LogP contribution < -0.4 is 0 Å². The molecular formula is C17H23N3O2. The second-order valence-electron chi connectivity index (χ2n) is 5.38. The van der Waals surface area contributed by atoms with Crippen LogP contribution in [0.5, 0.6) is 0 Å². The number of nitrogens with zero attached hydrogens (tertiary/aromatic N) is 3. The van der Waals surface area contributed by atoms with Crippen molar-refractivity contribution in [2.24, 2.45) is 5.16 Å². The zero-order valence-electron chi connectivity index (χ0n) is 13.2. The lowest BCUT2D eigenvalue weighted by Crippen LogP contribution is -2.48. The van der Waals surface area contributed by atoms with Crippen molar-refractivity contribution < 1.29 is 9.63 Å². The van der Waals surface area contributed by atoms with E-state index < -0.39 is 0 Å². The monoisotopic (exact) mass is 301 g/mol. The first-order valence-corrected chi connectivity index (χ1v) is 7.53. The van der Waals surface area contributed by atoms with Gasteiger partial charge in [0, 0.05) is 26.2 Å². The highest BCUT2D eigenvalue weighted by molar-refractivity contribution is 6.37. The number of rotatable bonds is 5. The van der Waals surface area contributed by atoms with Gasteiger partial charge in [-0.3, -0.25) is 4.79 Å². The van der Waals surface area contributed by atoms with Gasteiger partial charge in [0.2, 0.25) is 0 Å². The Bertz CT molecular complexity index is 532. The zero-order valence-corrected chi connectivity index (χ0v) is 13.2. The number of carbonyl (C=O) groups excluding carboxylic acids is 1. The van der Waals surface area contributed by atoms with Crippen molar-refractivity contribution in [3.05, 3.63) is 42.0 Å². The summed E-state index contributed by atoms with van der Waals surface area (Å²) in [4.78, 5) is 21.4. The smallest absolute Gasteiger partial charge is 0.271 e. The molecule has 2 rings (SSSR count). The van der Waals surface area contributed by atoms with Crippen LogP contribution in [0, 0.1) is 0 Å². The molecule has 1 saturated heterocycles. The summed E-state index contributed by atoms with van der Waals surface area (Å²) in [6.07, 6.45) is 3.85. The van der Waals surface area contributed by atoms with Crippen LogP contribution in [0.4, 0.5) is 0 Å². The minimum atomic E-state index is -0.0415. The first-order chi connectivity index (χ1) is 10.7. The number of hydrogen-bond donors (Lipinski definition) is 0. The number of piperazine rings is 1. The van der Waals surface area contributed by atoms with Gasteiger partial charge in [-0.2, -0.15) is 0 Å². The van der Waals surface area contributed by atoms with Gasteiger partial charge in [-0.05, 0) is 25.6 Å². The molecule has 1 fully saturated rings. The summed E-state index contributed by atoms with van der Waals surface area (Å²) in [6, 6.07) is 9.98. The maximum atomic E-state index is 12.2. The molecule has 0 spiro atoms. The first kappa shape index (κ1) is 16.2.